The lowest BCUT2D eigenvalue weighted by Crippen LogP contribution is -2.35. The lowest BCUT2D eigenvalue weighted by atomic mass is 10.2. The van der Waals surface area contributed by atoms with Crippen molar-refractivity contribution >= 4 is 32.4 Å². The largest absolute Gasteiger partial charge is 0.495 e. The Bertz CT molecular complexity index is 1420. The van der Waals surface area contributed by atoms with Gasteiger partial charge in [-0.3, -0.25) is 0 Å². The Morgan fingerprint density at radius 2 is 1.62 bits per heavy atom. The second kappa shape index (κ2) is 9.40. The van der Waals surface area contributed by atoms with Gasteiger partial charge in [-0.15, -0.1) is 0 Å². The first kappa shape index (κ1) is 22.3. The Labute approximate surface area is 199 Å². The molecule has 2 heterocycles. The lowest BCUT2D eigenvalue weighted by molar-refractivity contribution is 0.343. The number of sulfonamides is 1. The first-order chi connectivity index (χ1) is 16.6. The van der Waals surface area contributed by atoms with E-state index in [1.807, 2.05) is 54.6 Å². The number of aromatic nitrogens is 2. The van der Waals surface area contributed by atoms with Crippen LogP contribution < -0.4 is 10.1 Å². The predicted molar refractivity (Wildman–Crippen MR) is 134 cm³/mol. The van der Waals surface area contributed by atoms with Crippen molar-refractivity contribution in [3.05, 3.63) is 72.8 Å². The Kier molecular flexibility index (Phi) is 6.17. The van der Waals surface area contributed by atoms with Crippen LogP contribution in [0.15, 0.2) is 77.7 Å². The predicted octanol–water partition coefficient (Wildman–Crippen LogP) is 5.22. The highest BCUT2D eigenvalue weighted by molar-refractivity contribution is 7.89. The summed E-state index contributed by atoms with van der Waals surface area (Å²) in [5.41, 5.74) is 2.31. The van der Waals surface area contributed by atoms with Gasteiger partial charge in [0.2, 0.25) is 10.0 Å². The van der Waals surface area contributed by atoms with E-state index in [0.29, 0.717) is 36.2 Å². The molecule has 1 N–H and O–H groups in total. The number of piperidine rings is 1. The fourth-order valence-electron chi connectivity index (χ4n) is 4.23. The van der Waals surface area contributed by atoms with Crippen molar-refractivity contribution in [1.82, 2.24) is 14.3 Å². The third-order valence-electron chi connectivity index (χ3n) is 5.99. The zero-order valence-corrected chi connectivity index (χ0v) is 19.8. The van der Waals surface area contributed by atoms with Gasteiger partial charge in [-0.05, 0) is 43.2 Å². The number of benzene rings is 3. The van der Waals surface area contributed by atoms with E-state index in [1.54, 1.807) is 22.5 Å². The highest BCUT2D eigenvalue weighted by Gasteiger charge is 2.29. The number of ether oxygens (including phenoxy) is 1. The van der Waals surface area contributed by atoms with Gasteiger partial charge in [0.1, 0.15) is 16.5 Å². The second-order valence-corrected chi connectivity index (χ2v) is 10.1. The van der Waals surface area contributed by atoms with Crippen LogP contribution in [0.3, 0.4) is 0 Å². The molecule has 1 fully saturated rings. The fraction of sp³-hybridized carbons (Fsp3) is 0.231. The molecule has 34 heavy (non-hydrogen) atoms. The molecule has 0 aliphatic carbocycles. The Balaban J connectivity index is 1.57. The van der Waals surface area contributed by atoms with Gasteiger partial charge < -0.3 is 10.1 Å². The van der Waals surface area contributed by atoms with E-state index in [9.17, 15) is 8.42 Å². The Morgan fingerprint density at radius 3 is 2.38 bits per heavy atom. The normalized spacial score (nSPS) is 14.7. The minimum Gasteiger partial charge on any atom is -0.495 e. The van der Waals surface area contributed by atoms with Gasteiger partial charge in [0.05, 0.1) is 12.6 Å². The van der Waals surface area contributed by atoms with E-state index >= 15 is 0 Å². The van der Waals surface area contributed by atoms with Crippen LogP contribution in [-0.2, 0) is 10.0 Å². The molecule has 8 heteroatoms. The number of para-hydroxylation sites is 1. The quantitative estimate of drug-likeness (QED) is 0.412. The molecule has 0 unspecified atom stereocenters. The average Bonchev–Trinajstić information content (AvgIpc) is 2.89. The number of nitrogens with one attached hydrogen (secondary N) is 1. The number of nitrogens with zero attached hydrogens (tertiary/aromatic N) is 3. The summed E-state index contributed by atoms with van der Waals surface area (Å²) >= 11 is 0. The third kappa shape index (κ3) is 4.34. The fourth-order valence-corrected chi connectivity index (χ4v) is 5.92. The van der Waals surface area contributed by atoms with Crippen LogP contribution in [0.5, 0.6) is 5.75 Å². The summed E-state index contributed by atoms with van der Waals surface area (Å²) in [4.78, 5) is 9.65. The number of hydrogen-bond acceptors (Lipinski definition) is 6. The monoisotopic (exact) mass is 474 g/mol. The zero-order valence-electron chi connectivity index (χ0n) is 18.9. The van der Waals surface area contributed by atoms with E-state index in [0.717, 1.165) is 35.7 Å². The highest BCUT2D eigenvalue weighted by Crippen LogP contribution is 2.33. The minimum absolute atomic E-state index is 0.156. The molecule has 0 spiro atoms. The second-order valence-electron chi connectivity index (χ2n) is 8.23. The van der Waals surface area contributed by atoms with Crippen molar-refractivity contribution < 1.29 is 13.2 Å². The van der Waals surface area contributed by atoms with E-state index in [1.165, 1.54) is 7.11 Å². The van der Waals surface area contributed by atoms with Gasteiger partial charge in [0.15, 0.2) is 5.82 Å². The maximum absolute atomic E-state index is 13.4. The van der Waals surface area contributed by atoms with E-state index in [2.05, 4.69) is 5.32 Å². The number of hydrogen-bond donors (Lipinski definition) is 1. The standard InChI is InChI=1S/C26H26N4O3S/c1-33-23-15-14-20(18-24(23)34(31,32)30-16-8-3-9-17-30)27-26-21-12-6-7-13-22(21)28-25(29-26)19-10-4-2-5-11-19/h2,4-7,10-15,18H,3,8-9,16-17H2,1H3,(H,27,28,29). The van der Waals surface area contributed by atoms with E-state index in [4.69, 9.17) is 14.7 Å². The zero-order chi connectivity index (χ0) is 23.5. The number of anilines is 2. The third-order valence-corrected chi connectivity index (χ3v) is 7.91. The molecular formula is C26H26N4O3S. The molecule has 0 amide bonds. The van der Waals surface area contributed by atoms with Crippen LogP contribution in [0.2, 0.25) is 0 Å². The van der Waals surface area contributed by atoms with Crippen LogP contribution >= 0.6 is 0 Å². The number of fused-ring (bicyclic) bond motifs is 1. The van der Waals surface area contributed by atoms with Crippen molar-refractivity contribution in [2.24, 2.45) is 0 Å². The molecule has 0 atom stereocenters. The van der Waals surface area contributed by atoms with E-state index < -0.39 is 10.0 Å². The molecular weight excluding hydrogens is 448 g/mol. The van der Waals surface area contributed by atoms with Crippen molar-refractivity contribution in [3.8, 4) is 17.1 Å². The van der Waals surface area contributed by atoms with Gasteiger partial charge in [-0.1, -0.05) is 48.9 Å². The molecule has 1 aliphatic heterocycles. The molecule has 4 aromatic rings. The Morgan fingerprint density at radius 1 is 0.882 bits per heavy atom. The number of methoxy groups -OCH3 is 1. The maximum Gasteiger partial charge on any atom is 0.246 e. The average molecular weight is 475 g/mol. The van der Waals surface area contributed by atoms with Crippen LogP contribution in [0.25, 0.3) is 22.3 Å². The molecule has 3 aromatic carbocycles. The molecule has 1 saturated heterocycles. The summed E-state index contributed by atoms with van der Waals surface area (Å²) < 4.78 is 33.8. The van der Waals surface area contributed by atoms with Crippen molar-refractivity contribution in [2.75, 3.05) is 25.5 Å². The first-order valence-corrected chi connectivity index (χ1v) is 12.8. The molecule has 0 bridgehead atoms. The summed E-state index contributed by atoms with van der Waals surface area (Å²) in [6.07, 6.45) is 2.79. The number of rotatable bonds is 6. The summed E-state index contributed by atoms with van der Waals surface area (Å²) in [5.74, 6) is 1.53. The summed E-state index contributed by atoms with van der Waals surface area (Å²) in [6, 6.07) is 22.6. The summed E-state index contributed by atoms with van der Waals surface area (Å²) in [7, 11) is -2.19. The van der Waals surface area contributed by atoms with Crippen molar-refractivity contribution in [3.63, 3.8) is 0 Å². The molecule has 7 nitrogen and oxygen atoms in total. The molecule has 5 rings (SSSR count). The van der Waals surface area contributed by atoms with Gasteiger partial charge in [0, 0.05) is 29.7 Å². The molecule has 0 radical (unpaired) electrons. The molecule has 1 aliphatic rings. The van der Waals surface area contributed by atoms with Gasteiger partial charge in [-0.25, -0.2) is 18.4 Å². The van der Waals surface area contributed by atoms with Crippen molar-refractivity contribution in [2.45, 2.75) is 24.2 Å². The maximum atomic E-state index is 13.4. The van der Waals surface area contributed by atoms with E-state index in [-0.39, 0.29) is 4.90 Å². The topological polar surface area (TPSA) is 84.4 Å². The van der Waals surface area contributed by atoms with Crippen LogP contribution in [-0.4, -0.2) is 42.9 Å². The molecule has 1 aromatic heterocycles. The van der Waals surface area contributed by atoms with Gasteiger partial charge in [0.25, 0.3) is 0 Å². The Hall–Kier alpha value is -3.49. The molecule has 0 saturated carbocycles. The van der Waals surface area contributed by atoms with Crippen LogP contribution in [0.4, 0.5) is 11.5 Å². The van der Waals surface area contributed by atoms with Crippen LogP contribution in [0, 0.1) is 0 Å². The molecule has 174 valence electrons. The first-order valence-electron chi connectivity index (χ1n) is 11.3. The van der Waals surface area contributed by atoms with Gasteiger partial charge >= 0.3 is 0 Å². The summed E-state index contributed by atoms with van der Waals surface area (Å²) in [5, 5.41) is 4.18. The minimum atomic E-state index is -3.68. The highest BCUT2D eigenvalue weighted by atomic mass is 32.2. The SMILES string of the molecule is COc1ccc(Nc2nc(-c3ccccc3)nc3ccccc23)cc1S(=O)(=O)N1CCCCC1. The van der Waals surface area contributed by atoms with Gasteiger partial charge in [-0.2, -0.15) is 4.31 Å². The van der Waals surface area contributed by atoms with Crippen molar-refractivity contribution in [1.29, 1.82) is 0 Å². The smallest absolute Gasteiger partial charge is 0.246 e. The lowest BCUT2D eigenvalue weighted by Gasteiger charge is -2.26. The van der Waals surface area contributed by atoms with Crippen LogP contribution in [0.1, 0.15) is 19.3 Å². The summed E-state index contributed by atoms with van der Waals surface area (Å²) in [6.45, 7) is 1.06.